The second kappa shape index (κ2) is 10.3. The van der Waals surface area contributed by atoms with E-state index in [1.54, 1.807) is 36.4 Å². The number of methoxy groups -OCH3 is 2. The largest absolute Gasteiger partial charge is 0.497 e. The average Bonchev–Trinajstić information content (AvgIpc) is 2.78. The fraction of sp³-hybridized carbons (Fsp3) is 0.130. The lowest BCUT2D eigenvalue weighted by molar-refractivity contribution is 0.0954. The molecule has 30 heavy (non-hydrogen) atoms. The molecule has 0 spiro atoms. The van der Waals surface area contributed by atoms with Gasteiger partial charge in [0.15, 0.2) is 0 Å². The molecule has 3 aromatic carbocycles. The number of benzene rings is 3. The van der Waals surface area contributed by atoms with E-state index in [1.165, 1.54) is 20.4 Å². The molecule has 1 N–H and O–H groups in total. The average molecular weight is 425 g/mol. The Hall–Kier alpha value is -3.51. The summed E-state index contributed by atoms with van der Waals surface area (Å²) in [5.74, 6) is 1.21. The number of halogens is 1. The van der Waals surface area contributed by atoms with Gasteiger partial charge in [-0.3, -0.25) is 4.79 Å². The van der Waals surface area contributed by atoms with E-state index in [0.29, 0.717) is 40.0 Å². The van der Waals surface area contributed by atoms with Crippen molar-refractivity contribution in [2.45, 2.75) is 6.61 Å². The fourth-order valence-electron chi connectivity index (χ4n) is 2.65. The molecule has 7 heteroatoms. The monoisotopic (exact) mass is 424 g/mol. The van der Waals surface area contributed by atoms with Crippen LogP contribution in [-0.4, -0.2) is 26.3 Å². The third-order valence-electron chi connectivity index (χ3n) is 4.19. The van der Waals surface area contributed by atoms with E-state index in [4.69, 9.17) is 25.8 Å². The van der Waals surface area contributed by atoms with Crippen molar-refractivity contribution < 1.29 is 19.0 Å². The summed E-state index contributed by atoms with van der Waals surface area (Å²) in [5.41, 5.74) is 4.53. The number of nitrogens with one attached hydrogen (secondary N) is 1. The Balaban J connectivity index is 1.71. The molecule has 0 aliphatic carbocycles. The van der Waals surface area contributed by atoms with E-state index in [1.807, 2.05) is 30.3 Å². The van der Waals surface area contributed by atoms with Crippen molar-refractivity contribution in [3.63, 3.8) is 0 Å². The summed E-state index contributed by atoms with van der Waals surface area (Å²) in [6, 6.07) is 19.9. The molecule has 3 rings (SSSR count). The smallest absolute Gasteiger partial charge is 0.271 e. The standard InChI is InChI=1S/C23H21ClN2O4/c1-28-20-11-17(12-21(13-20)29-2)23(27)26-25-14-18-10-19(24)8-9-22(18)30-15-16-6-4-3-5-7-16/h3-14H,15H2,1-2H3,(H,26,27)/b25-14-. The quantitative estimate of drug-likeness (QED) is 0.420. The highest BCUT2D eigenvalue weighted by Crippen LogP contribution is 2.23. The molecule has 1 amide bonds. The Kier molecular flexibility index (Phi) is 7.29. The van der Waals surface area contributed by atoms with Gasteiger partial charge in [0.1, 0.15) is 23.9 Å². The molecule has 154 valence electrons. The Morgan fingerprint density at radius 3 is 2.37 bits per heavy atom. The van der Waals surface area contributed by atoms with Crippen molar-refractivity contribution in [3.05, 3.63) is 88.4 Å². The summed E-state index contributed by atoms with van der Waals surface area (Å²) in [7, 11) is 3.04. The van der Waals surface area contributed by atoms with Crippen LogP contribution in [-0.2, 0) is 6.61 Å². The van der Waals surface area contributed by atoms with Gasteiger partial charge in [0.05, 0.1) is 20.4 Å². The molecule has 6 nitrogen and oxygen atoms in total. The van der Waals surface area contributed by atoms with Gasteiger partial charge in [-0.05, 0) is 35.9 Å². The number of nitrogens with zero attached hydrogens (tertiary/aromatic N) is 1. The lowest BCUT2D eigenvalue weighted by Gasteiger charge is -2.10. The van der Waals surface area contributed by atoms with Crippen LogP contribution in [0.4, 0.5) is 0 Å². The van der Waals surface area contributed by atoms with Crippen LogP contribution in [0, 0.1) is 0 Å². The number of hydrogen-bond acceptors (Lipinski definition) is 5. The van der Waals surface area contributed by atoms with E-state index in [-0.39, 0.29) is 0 Å². The molecule has 0 saturated heterocycles. The number of rotatable bonds is 8. The zero-order valence-electron chi connectivity index (χ0n) is 16.6. The summed E-state index contributed by atoms with van der Waals surface area (Å²) in [6.07, 6.45) is 1.49. The third-order valence-corrected chi connectivity index (χ3v) is 4.43. The van der Waals surface area contributed by atoms with Gasteiger partial charge < -0.3 is 14.2 Å². The zero-order chi connectivity index (χ0) is 21.3. The highest BCUT2D eigenvalue weighted by molar-refractivity contribution is 6.30. The number of ether oxygens (including phenoxy) is 3. The maximum atomic E-state index is 12.4. The number of hydrogen-bond donors (Lipinski definition) is 1. The first-order chi connectivity index (χ1) is 14.6. The molecule has 0 bridgehead atoms. The number of carbonyl (C=O) groups is 1. The summed E-state index contributed by atoms with van der Waals surface area (Å²) in [5, 5.41) is 4.58. The number of hydrazone groups is 1. The molecule has 0 aromatic heterocycles. The first-order valence-electron chi connectivity index (χ1n) is 9.12. The fourth-order valence-corrected chi connectivity index (χ4v) is 2.83. The third kappa shape index (κ3) is 5.75. The van der Waals surface area contributed by atoms with Gasteiger partial charge in [-0.15, -0.1) is 0 Å². The molecule has 0 saturated carbocycles. The van der Waals surface area contributed by atoms with Gasteiger partial charge >= 0.3 is 0 Å². The molecule has 0 radical (unpaired) electrons. The predicted molar refractivity (Wildman–Crippen MR) is 117 cm³/mol. The van der Waals surface area contributed by atoms with Crippen LogP contribution in [0.5, 0.6) is 17.2 Å². The molecule has 0 aliphatic heterocycles. The van der Waals surface area contributed by atoms with Crippen LogP contribution in [0.2, 0.25) is 5.02 Å². The van der Waals surface area contributed by atoms with Crippen molar-refractivity contribution >= 4 is 23.7 Å². The van der Waals surface area contributed by atoms with Crippen LogP contribution in [0.25, 0.3) is 0 Å². The van der Waals surface area contributed by atoms with Crippen LogP contribution in [0.15, 0.2) is 71.8 Å². The summed E-state index contributed by atoms with van der Waals surface area (Å²) in [4.78, 5) is 12.4. The zero-order valence-corrected chi connectivity index (χ0v) is 17.3. The molecule has 0 fully saturated rings. The topological polar surface area (TPSA) is 69.2 Å². The highest BCUT2D eigenvalue weighted by atomic mass is 35.5. The highest BCUT2D eigenvalue weighted by Gasteiger charge is 2.09. The van der Waals surface area contributed by atoms with E-state index < -0.39 is 5.91 Å². The predicted octanol–water partition coefficient (Wildman–Crippen LogP) is 4.70. The van der Waals surface area contributed by atoms with Gasteiger partial charge in [-0.1, -0.05) is 41.9 Å². The molecular weight excluding hydrogens is 404 g/mol. The maximum absolute atomic E-state index is 12.4. The second-order valence-electron chi connectivity index (χ2n) is 6.26. The van der Waals surface area contributed by atoms with E-state index >= 15 is 0 Å². The lowest BCUT2D eigenvalue weighted by Crippen LogP contribution is -2.17. The van der Waals surface area contributed by atoms with Gasteiger partial charge in [0, 0.05) is 22.2 Å². The van der Waals surface area contributed by atoms with Crippen LogP contribution in [0.1, 0.15) is 21.5 Å². The van der Waals surface area contributed by atoms with Crippen LogP contribution < -0.4 is 19.6 Å². The summed E-state index contributed by atoms with van der Waals surface area (Å²) < 4.78 is 16.3. The minimum Gasteiger partial charge on any atom is -0.497 e. The number of amides is 1. The molecule has 0 aliphatic rings. The van der Waals surface area contributed by atoms with Gasteiger partial charge in [-0.25, -0.2) is 5.43 Å². The van der Waals surface area contributed by atoms with E-state index in [2.05, 4.69) is 10.5 Å². The Labute approximate surface area is 180 Å². The minimum absolute atomic E-state index is 0.356. The van der Waals surface area contributed by atoms with Crippen molar-refractivity contribution in [2.75, 3.05) is 14.2 Å². The molecule has 3 aromatic rings. The first kappa shape index (κ1) is 21.2. The lowest BCUT2D eigenvalue weighted by atomic mass is 10.2. The van der Waals surface area contributed by atoms with Crippen molar-refractivity contribution in [2.24, 2.45) is 5.10 Å². The molecule has 0 unspecified atom stereocenters. The maximum Gasteiger partial charge on any atom is 0.271 e. The molecular formula is C23H21ClN2O4. The minimum atomic E-state index is -0.405. The van der Waals surface area contributed by atoms with Crippen molar-refractivity contribution in [1.82, 2.24) is 5.43 Å². The molecule has 0 atom stereocenters. The Morgan fingerprint density at radius 1 is 1.00 bits per heavy atom. The van der Waals surface area contributed by atoms with E-state index in [0.717, 1.165) is 5.56 Å². The van der Waals surface area contributed by atoms with E-state index in [9.17, 15) is 4.79 Å². The Morgan fingerprint density at radius 2 is 1.70 bits per heavy atom. The normalized spacial score (nSPS) is 10.6. The SMILES string of the molecule is COc1cc(OC)cc(C(=O)N/N=C\c2cc(Cl)ccc2OCc2ccccc2)c1. The van der Waals surface area contributed by atoms with Crippen molar-refractivity contribution in [1.29, 1.82) is 0 Å². The summed E-state index contributed by atoms with van der Waals surface area (Å²) in [6.45, 7) is 0.402. The van der Waals surface area contributed by atoms with Crippen LogP contribution in [0.3, 0.4) is 0 Å². The van der Waals surface area contributed by atoms with Crippen LogP contribution >= 0.6 is 11.6 Å². The second-order valence-corrected chi connectivity index (χ2v) is 6.69. The first-order valence-corrected chi connectivity index (χ1v) is 9.49. The van der Waals surface area contributed by atoms with Gasteiger partial charge in [0.2, 0.25) is 0 Å². The number of carbonyl (C=O) groups excluding carboxylic acids is 1. The van der Waals surface area contributed by atoms with Gasteiger partial charge in [0.25, 0.3) is 5.91 Å². The molecule has 0 heterocycles. The summed E-state index contributed by atoms with van der Waals surface area (Å²) >= 11 is 6.11. The van der Waals surface area contributed by atoms with Gasteiger partial charge in [-0.2, -0.15) is 5.10 Å². The Bertz CT molecular complexity index is 1020. The van der Waals surface area contributed by atoms with Crippen molar-refractivity contribution in [3.8, 4) is 17.2 Å².